The van der Waals surface area contributed by atoms with E-state index >= 15 is 0 Å². The Morgan fingerprint density at radius 1 is 1.08 bits per heavy atom. The van der Waals surface area contributed by atoms with Crippen molar-refractivity contribution in [3.63, 3.8) is 0 Å². The number of alkyl halides is 3. The molecule has 10 heteroatoms. The van der Waals surface area contributed by atoms with Crippen LogP contribution in [0.2, 0.25) is 0 Å². The predicted molar refractivity (Wildman–Crippen MR) is 127 cm³/mol. The number of hydrogen-bond acceptors (Lipinski definition) is 6. The molecule has 0 saturated carbocycles. The van der Waals surface area contributed by atoms with Crippen molar-refractivity contribution < 1.29 is 27.3 Å². The van der Waals surface area contributed by atoms with E-state index in [4.69, 9.17) is 14.0 Å². The zero-order valence-corrected chi connectivity index (χ0v) is 20.2. The number of aromatic nitrogens is 4. The zero-order chi connectivity index (χ0) is 25.8. The highest BCUT2D eigenvalue weighted by molar-refractivity contribution is 6.07. The van der Waals surface area contributed by atoms with E-state index in [-0.39, 0.29) is 6.42 Å². The number of benzene rings is 1. The van der Waals surface area contributed by atoms with E-state index in [1.165, 1.54) is 12.5 Å². The number of pyridine rings is 1. The molecule has 0 aliphatic heterocycles. The standard InChI is InChI=1S/C26H25F3N4O3/c1-14-23(15(2)36-32-14)16-9-22-24(30-11-16)19-6-5-18(25(3,4)34)10-21(19)33(22)20(7-8-26(27,28)29)17-12-31-35-13-17/h5-6,9-13,20,34H,7-8H2,1-4H3. The summed E-state index contributed by atoms with van der Waals surface area (Å²) in [5, 5.41) is 19.2. The Morgan fingerprint density at radius 2 is 1.86 bits per heavy atom. The lowest BCUT2D eigenvalue weighted by molar-refractivity contribution is -0.136. The minimum Gasteiger partial charge on any atom is -0.386 e. The normalized spacial score (nSPS) is 13.7. The molecule has 5 rings (SSSR count). The Morgan fingerprint density at radius 3 is 2.47 bits per heavy atom. The third-order valence-corrected chi connectivity index (χ3v) is 6.52. The van der Waals surface area contributed by atoms with Gasteiger partial charge in [0.25, 0.3) is 0 Å². The van der Waals surface area contributed by atoms with Gasteiger partial charge in [0, 0.05) is 34.7 Å². The Balaban J connectivity index is 1.83. The van der Waals surface area contributed by atoms with Crippen molar-refractivity contribution in [3.8, 4) is 11.1 Å². The van der Waals surface area contributed by atoms with Crippen molar-refractivity contribution in [2.75, 3.05) is 0 Å². The fraction of sp³-hybridized carbons (Fsp3) is 0.346. The smallest absolute Gasteiger partial charge is 0.386 e. The van der Waals surface area contributed by atoms with Crippen LogP contribution < -0.4 is 0 Å². The molecule has 0 radical (unpaired) electrons. The maximum atomic E-state index is 13.4. The van der Waals surface area contributed by atoms with Gasteiger partial charge < -0.3 is 18.7 Å². The lowest BCUT2D eigenvalue weighted by Gasteiger charge is -2.22. The average molecular weight is 499 g/mol. The van der Waals surface area contributed by atoms with E-state index in [1.54, 1.807) is 39.1 Å². The topological polar surface area (TPSA) is 90.1 Å². The highest BCUT2D eigenvalue weighted by atomic mass is 19.4. The summed E-state index contributed by atoms with van der Waals surface area (Å²) in [5.41, 5.74) is 4.14. The molecule has 4 aromatic heterocycles. The van der Waals surface area contributed by atoms with E-state index in [2.05, 4.69) is 10.3 Å². The molecule has 0 aliphatic rings. The Hall–Kier alpha value is -3.66. The van der Waals surface area contributed by atoms with Crippen LogP contribution in [-0.2, 0) is 5.60 Å². The molecule has 0 saturated heterocycles. The van der Waals surface area contributed by atoms with Crippen LogP contribution in [0.1, 0.15) is 55.3 Å². The highest BCUT2D eigenvalue weighted by Gasteiger charge is 2.32. The van der Waals surface area contributed by atoms with E-state index in [0.717, 1.165) is 16.5 Å². The van der Waals surface area contributed by atoms with Crippen molar-refractivity contribution >= 4 is 21.9 Å². The van der Waals surface area contributed by atoms with E-state index in [1.807, 2.05) is 23.6 Å². The molecule has 7 nitrogen and oxygen atoms in total. The van der Waals surface area contributed by atoms with Crippen LogP contribution in [0.4, 0.5) is 13.2 Å². The SMILES string of the molecule is Cc1noc(C)c1-c1cnc2c3ccc(C(C)(C)O)cc3n(C(CCC(F)(F)F)c3cnoc3)c2c1. The van der Waals surface area contributed by atoms with Crippen LogP contribution in [0, 0.1) is 13.8 Å². The van der Waals surface area contributed by atoms with Gasteiger partial charge in [0.2, 0.25) is 0 Å². The van der Waals surface area contributed by atoms with Crippen LogP contribution in [-0.4, -0.2) is 31.1 Å². The lowest BCUT2D eigenvalue weighted by Crippen LogP contribution is -2.17. The molecule has 0 amide bonds. The maximum Gasteiger partial charge on any atom is 0.389 e. The minimum absolute atomic E-state index is 0.230. The predicted octanol–water partition coefficient (Wildman–Crippen LogP) is 6.61. The Labute approximate surface area is 204 Å². The van der Waals surface area contributed by atoms with Crippen LogP contribution in [0.5, 0.6) is 0 Å². The lowest BCUT2D eigenvalue weighted by atomic mass is 9.97. The van der Waals surface area contributed by atoms with E-state index < -0.39 is 24.2 Å². The summed E-state index contributed by atoms with van der Waals surface area (Å²) in [6.07, 6.45) is -1.05. The molecule has 1 atom stereocenters. The second-order valence-electron chi connectivity index (χ2n) is 9.58. The van der Waals surface area contributed by atoms with E-state index in [9.17, 15) is 18.3 Å². The molecule has 1 N–H and O–H groups in total. The third-order valence-electron chi connectivity index (χ3n) is 6.52. The Kier molecular flexibility index (Phi) is 5.66. The van der Waals surface area contributed by atoms with Crippen LogP contribution in [0.25, 0.3) is 33.1 Å². The Bertz CT molecular complexity index is 1520. The highest BCUT2D eigenvalue weighted by Crippen LogP contribution is 2.40. The van der Waals surface area contributed by atoms with Crippen LogP contribution >= 0.6 is 0 Å². The monoisotopic (exact) mass is 498 g/mol. The second-order valence-corrected chi connectivity index (χ2v) is 9.58. The van der Waals surface area contributed by atoms with Crippen molar-refractivity contribution in [2.24, 2.45) is 0 Å². The summed E-state index contributed by atoms with van der Waals surface area (Å²) < 4.78 is 52.3. The summed E-state index contributed by atoms with van der Waals surface area (Å²) in [5.74, 6) is 0.619. The molecule has 4 heterocycles. The van der Waals surface area contributed by atoms with Gasteiger partial charge in [-0.2, -0.15) is 13.2 Å². The van der Waals surface area contributed by atoms with E-state index in [0.29, 0.717) is 39.1 Å². The number of nitrogens with zero attached hydrogens (tertiary/aromatic N) is 4. The van der Waals surface area contributed by atoms with Crippen LogP contribution in [0.3, 0.4) is 0 Å². The van der Waals surface area contributed by atoms with Gasteiger partial charge in [0.15, 0.2) is 0 Å². The first-order valence-corrected chi connectivity index (χ1v) is 11.5. The second kappa shape index (κ2) is 8.48. The van der Waals surface area contributed by atoms with Gasteiger partial charge in [0.05, 0.1) is 40.1 Å². The van der Waals surface area contributed by atoms with Crippen molar-refractivity contribution in [1.29, 1.82) is 0 Å². The summed E-state index contributed by atoms with van der Waals surface area (Å²) in [4.78, 5) is 4.72. The molecule has 0 spiro atoms. The fourth-order valence-electron chi connectivity index (χ4n) is 4.78. The summed E-state index contributed by atoms with van der Waals surface area (Å²) in [6.45, 7) is 6.95. The first-order chi connectivity index (χ1) is 16.9. The van der Waals surface area contributed by atoms with Gasteiger partial charge >= 0.3 is 6.18 Å². The van der Waals surface area contributed by atoms with Gasteiger partial charge in [0.1, 0.15) is 12.0 Å². The first-order valence-electron chi connectivity index (χ1n) is 11.5. The molecule has 36 heavy (non-hydrogen) atoms. The summed E-state index contributed by atoms with van der Waals surface area (Å²) >= 11 is 0. The molecule has 0 bridgehead atoms. The minimum atomic E-state index is -4.34. The number of aliphatic hydroxyl groups is 1. The quantitative estimate of drug-likeness (QED) is 0.283. The van der Waals surface area contributed by atoms with Gasteiger partial charge in [-0.25, -0.2) is 0 Å². The van der Waals surface area contributed by atoms with Gasteiger partial charge in [-0.1, -0.05) is 22.4 Å². The summed E-state index contributed by atoms with van der Waals surface area (Å²) in [6, 6.07) is 6.61. The zero-order valence-electron chi connectivity index (χ0n) is 20.2. The van der Waals surface area contributed by atoms with Crippen molar-refractivity contribution in [1.82, 2.24) is 19.9 Å². The molecule has 1 unspecified atom stereocenters. The fourth-order valence-corrected chi connectivity index (χ4v) is 4.78. The number of hydrogen-bond donors (Lipinski definition) is 1. The molecular formula is C26H25F3N4O3. The van der Waals surface area contributed by atoms with Gasteiger partial charge in [-0.15, -0.1) is 0 Å². The molecule has 1 aromatic carbocycles. The number of halogens is 3. The molecule has 0 fully saturated rings. The van der Waals surface area contributed by atoms with Crippen molar-refractivity contribution in [2.45, 2.75) is 58.4 Å². The van der Waals surface area contributed by atoms with Gasteiger partial charge in [-0.05, 0) is 51.8 Å². The molecular weight excluding hydrogens is 473 g/mol. The molecule has 0 aliphatic carbocycles. The number of aryl methyl sites for hydroxylation is 2. The van der Waals surface area contributed by atoms with Gasteiger partial charge in [-0.3, -0.25) is 4.98 Å². The average Bonchev–Trinajstić information content (AvgIpc) is 3.51. The number of fused-ring (bicyclic) bond motifs is 3. The largest absolute Gasteiger partial charge is 0.389 e. The first kappa shape index (κ1) is 24.1. The maximum absolute atomic E-state index is 13.4. The number of rotatable bonds is 6. The third kappa shape index (κ3) is 4.26. The molecule has 5 aromatic rings. The molecule has 188 valence electrons. The van der Waals surface area contributed by atoms with Crippen LogP contribution in [0.15, 0.2) is 52.0 Å². The summed E-state index contributed by atoms with van der Waals surface area (Å²) in [7, 11) is 0. The van der Waals surface area contributed by atoms with Crippen molar-refractivity contribution in [3.05, 3.63) is 65.5 Å².